The van der Waals surface area contributed by atoms with Crippen molar-refractivity contribution in [1.29, 1.82) is 0 Å². The molecule has 2 heterocycles. The molecule has 1 atom stereocenters. The summed E-state index contributed by atoms with van der Waals surface area (Å²) < 4.78 is 3.59. The van der Waals surface area contributed by atoms with Crippen molar-refractivity contribution in [2.75, 3.05) is 6.54 Å². The fourth-order valence-electron chi connectivity index (χ4n) is 2.82. The summed E-state index contributed by atoms with van der Waals surface area (Å²) in [5.74, 6) is 0.685. The Hall–Kier alpha value is -2.96. The van der Waals surface area contributed by atoms with Gasteiger partial charge in [0.1, 0.15) is 5.82 Å². The monoisotopic (exact) mass is 339 g/mol. The lowest BCUT2D eigenvalue weighted by Crippen LogP contribution is -2.35. The molecule has 7 heteroatoms. The van der Waals surface area contributed by atoms with Gasteiger partial charge in [-0.3, -0.25) is 14.3 Å². The topological polar surface area (TPSA) is 81.8 Å². The van der Waals surface area contributed by atoms with Crippen LogP contribution < -0.4 is 10.7 Å². The van der Waals surface area contributed by atoms with Crippen molar-refractivity contribution in [2.45, 2.75) is 20.4 Å². The lowest BCUT2D eigenvalue weighted by Gasteiger charge is -2.14. The van der Waals surface area contributed by atoms with E-state index >= 15 is 0 Å². The van der Waals surface area contributed by atoms with Crippen LogP contribution >= 0.6 is 0 Å². The zero-order valence-corrected chi connectivity index (χ0v) is 14.6. The number of fused-ring (bicyclic) bond motifs is 1. The van der Waals surface area contributed by atoms with E-state index in [0.717, 1.165) is 12.4 Å². The fourth-order valence-corrected chi connectivity index (χ4v) is 2.82. The van der Waals surface area contributed by atoms with Crippen LogP contribution in [0.2, 0.25) is 0 Å². The highest BCUT2D eigenvalue weighted by Gasteiger charge is 2.17. The van der Waals surface area contributed by atoms with Gasteiger partial charge in [0.2, 0.25) is 5.43 Å². The van der Waals surface area contributed by atoms with E-state index in [1.54, 1.807) is 36.1 Å². The molecule has 0 bridgehead atoms. The number of carbonyl (C=O) groups excluding carboxylic acids is 1. The van der Waals surface area contributed by atoms with Gasteiger partial charge in [-0.25, -0.2) is 4.98 Å². The molecule has 1 amide bonds. The van der Waals surface area contributed by atoms with Crippen molar-refractivity contribution >= 4 is 16.8 Å². The van der Waals surface area contributed by atoms with E-state index in [-0.39, 0.29) is 17.0 Å². The number of hydrogen-bond acceptors (Lipinski definition) is 4. The van der Waals surface area contributed by atoms with Crippen molar-refractivity contribution in [3.8, 4) is 0 Å². The van der Waals surface area contributed by atoms with E-state index in [9.17, 15) is 9.59 Å². The minimum Gasteiger partial charge on any atom is -0.350 e. The molecule has 25 heavy (non-hydrogen) atoms. The Labute approximate surface area is 145 Å². The standard InChI is InChI=1S/C18H21N5O2/c1-12(11-23-9-8-19-13(23)2)10-20-18(25)16-17(24)14-6-4-5-7-15(14)22(3)21-16/h4-9,12H,10-11H2,1-3H3,(H,20,25). The number of nitrogens with one attached hydrogen (secondary N) is 1. The summed E-state index contributed by atoms with van der Waals surface area (Å²) in [5.41, 5.74) is 0.282. The molecular formula is C18H21N5O2. The number of rotatable bonds is 5. The van der Waals surface area contributed by atoms with Crippen LogP contribution in [-0.4, -0.2) is 31.8 Å². The first-order valence-corrected chi connectivity index (χ1v) is 8.19. The van der Waals surface area contributed by atoms with Crippen LogP contribution in [0.25, 0.3) is 10.9 Å². The smallest absolute Gasteiger partial charge is 0.275 e. The number of imidazole rings is 1. The molecule has 0 aliphatic rings. The average Bonchev–Trinajstić information content (AvgIpc) is 3.01. The van der Waals surface area contributed by atoms with Gasteiger partial charge in [-0.1, -0.05) is 19.1 Å². The highest BCUT2D eigenvalue weighted by molar-refractivity contribution is 5.95. The highest BCUT2D eigenvalue weighted by Crippen LogP contribution is 2.08. The zero-order valence-electron chi connectivity index (χ0n) is 14.6. The molecule has 1 aromatic carbocycles. The maximum absolute atomic E-state index is 12.5. The summed E-state index contributed by atoms with van der Waals surface area (Å²) in [5, 5.41) is 7.45. The number of nitrogens with zero attached hydrogens (tertiary/aromatic N) is 4. The number of para-hydroxylation sites is 1. The number of aromatic nitrogens is 4. The van der Waals surface area contributed by atoms with Crippen LogP contribution in [0.3, 0.4) is 0 Å². The van der Waals surface area contributed by atoms with Gasteiger partial charge in [0.15, 0.2) is 5.69 Å². The Bertz CT molecular complexity index is 973. The van der Waals surface area contributed by atoms with Gasteiger partial charge in [-0.15, -0.1) is 0 Å². The second kappa shape index (κ2) is 6.88. The summed E-state index contributed by atoms with van der Waals surface area (Å²) in [7, 11) is 1.73. The SMILES string of the molecule is Cc1nccn1CC(C)CNC(=O)c1nn(C)c2ccccc2c1=O. The molecule has 0 saturated heterocycles. The summed E-state index contributed by atoms with van der Waals surface area (Å²) >= 11 is 0. The van der Waals surface area contributed by atoms with Crippen LogP contribution in [0.5, 0.6) is 0 Å². The number of aryl methyl sites for hydroxylation is 2. The van der Waals surface area contributed by atoms with E-state index in [4.69, 9.17) is 0 Å². The first-order valence-electron chi connectivity index (χ1n) is 8.19. The van der Waals surface area contributed by atoms with Gasteiger partial charge >= 0.3 is 0 Å². The Balaban J connectivity index is 1.73. The summed E-state index contributed by atoms with van der Waals surface area (Å²) in [6, 6.07) is 7.13. The first-order chi connectivity index (χ1) is 12.0. The number of amides is 1. The van der Waals surface area contributed by atoms with E-state index in [1.165, 1.54) is 0 Å². The minimum atomic E-state index is -0.444. The molecule has 0 fully saturated rings. The van der Waals surface area contributed by atoms with Crippen molar-refractivity contribution < 1.29 is 4.79 Å². The predicted molar refractivity (Wildman–Crippen MR) is 95.4 cm³/mol. The lowest BCUT2D eigenvalue weighted by atomic mass is 10.1. The molecule has 0 spiro atoms. The Morgan fingerprint density at radius 2 is 2.08 bits per heavy atom. The van der Waals surface area contributed by atoms with Crippen molar-refractivity contribution in [2.24, 2.45) is 13.0 Å². The van der Waals surface area contributed by atoms with Gasteiger partial charge in [0.05, 0.1) is 5.52 Å². The van der Waals surface area contributed by atoms with E-state index < -0.39 is 5.91 Å². The summed E-state index contributed by atoms with van der Waals surface area (Å²) in [4.78, 5) is 29.1. The molecular weight excluding hydrogens is 318 g/mol. The quantitative estimate of drug-likeness (QED) is 0.764. The van der Waals surface area contributed by atoms with E-state index in [0.29, 0.717) is 17.4 Å². The summed E-state index contributed by atoms with van der Waals surface area (Å²) in [6.45, 7) is 5.17. The van der Waals surface area contributed by atoms with Crippen LogP contribution in [0.15, 0.2) is 41.5 Å². The van der Waals surface area contributed by atoms with Gasteiger partial charge in [0, 0.05) is 37.9 Å². The van der Waals surface area contributed by atoms with Crippen molar-refractivity contribution in [1.82, 2.24) is 24.6 Å². The normalized spacial score (nSPS) is 12.3. The third kappa shape index (κ3) is 3.45. The van der Waals surface area contributed by atoms with E-state index in [2.05, 4.69) is 15.4 Å². The number of carbonyl (C=O) groups is 1. The average molecular weight is 339 g/mol. The van der Waals surface area contributed by atoms with Crippen LogP contribution in [0.4, 0.5) is 0 Å². The molecule has 0 radical (unpaired) electrons. The third-order valence-corrected chi connectivity index (χ3v) is 4.22. The van der Waals surface area contributed by atoms with E-state index in [1.807, 2.05) is 30.7 Å². The van der Waals surface area contributed by atoms with Crippen LogP contribution in [0.1, 0.15) is 23.2 Å². The highest BCUT2D eigenvalue weighted by atomic mass is 16.2. The van der Waals surface area contributed by atoms with Gasteiger partial charge < -0.3 is 9.88 Å². The molecule has 7 nitrogen and oxygen atoms in total. The van der Waals surface area contributed by atoms with Crippen molar-refractivity contribution in [3.05, 3.63) is 58.4 Å². The predicted octanol–water partition coefficient (Wildman–Crippen LogP) is 1.50. The Morgan fingerprint density at radius 1 is 1.32 bits per heavy atom. The Kier molecular flexibility index (Phi) is 4.65. The molecule has 1 unspecified atom stereocenters. The third-order valence-electron chi connectivity index (χ3n) is 4.22. The maximum atomic E-state index is 12.5. The second-order valence-electron chi connectivity index (χ2n) is 6.26. The number of hydrogen-bond donors (Lipinski definition) is 1. The number of benzene rings is 1. The van der Waals surface area contributed by atoms with Gasteiger partial charge in [-0.05, 0) is 25.0 Å². The lowest BCUT2D eigenvalue weighted by molar-refractivity contribution is 0.0939. The minimum absolute atomic E-state index is 0.0767. The largest absolute Gasteiger partial charge is 0.350 e. The first kappa shape index (κ1) is 16.9. The molecule has 0 saturated carbocycles. The fraction of sp³-hybridized carbons (Fsp3) is 0.333. The molecule has 3 aromatic rings. The van der Waals surface area contributed by atoms with Crippen LogP contribution in [-0.2, 0) is 13.6 Å². The summed E-state index contributed by atoms with van der Waals surface area (Å²) in [6.07, 6.45) is 3.66. The van der Waals surface area contributed by atoms with Gasteiger partial charge in [0.25, 0.3) is 5.91 Å². The molecule has 130 valence electrons. The molecule has 0 aliphatic heterocycles. The zero-order chi connectivity index (χ0) is 18.0. The molecule has 3 rings (SSSR count). The molecule has 0 aliphatic carbocycles. The van der Waals surface area contributed by atoms with Crippen LogP contribution in [0, 0.1) is 12.8 Å². The molecule has 2 aromatic heterocycles. The maximum Gasteiger partial charge on any atom is 0.275 e. The van der Waals surface area contributed by atoms with Crippen molar-refractivity contribution in [3.63, 3.8) is 0 Å². The molecule has 1 N–H and O–H groups in total. The second-order valence-corrected chi connectivity index (χ2v) is 6.26. The Morgan fingerprint density at radius 3 is 2.80 bits per heavy atom. The van der Waals surface area contributed by atoms with Gasteiger partial charge in [-0.2, -0.15) is 5.10 Å².